The number of ether oxygens (including phenoxy) is 1. The van der Waals surface area contributed by atoms with E-state index in [-0.39, 0.29) is 12.5 Å². The topological polar surface area (TPSA) is 75.6 Å². The lowest BCUT2D eigenvalue weighted by Gasteiger charge is -2.19. The number of para-hydroxylation sites is 1. The van der Waals surface area contributed by atoms with Crippen molar-refractivity contribution < 1.29 is 19.4 Å². The summed E-state index contributed by atoms with van der Waals surface area (Å²) in [6.07, 6.45) is 1.04. The van der Waals surface area contributed by atoms with Gasteiger partial charge in [0.1, 0.15) is 5.75 Å². The molecule has 0 saturated heterocycles. The largest absolute Gasteiger partial charge is 0.481 e. The molecule has 1 aromatic rings. The molecule has 6 heteroatoms. The van der Waals surface area contributed by atoms with Crippen LogP contribution in [0.15, 0.2) is 24.3 Å². The van der Waals surface area contributed by atoms with Crippen LogP contribution in [0.3, 0.4) is 0 Å². The van der Waals surface area contributed by atoms with Crippen molar-refractivity contribution in [3.05, 3.63) is 29.3 Å². The number of carbonyl (C=O) groups is 2. The van der Waals surface area contributed by atoms with Crippen LogP contribution < -0.4 is 10.1 Å². The van der Waals surface area contributed by atoms with Gasteiger partial charge in [0.25, 0.3) is 5.91 Å². The van der Waals surface area contributed by atoms with Gasteiger partial charge >= 0.3 is 5.97 Å². The van der Waals surface area contributed by atoms with Crippen LogP contribution in [0.5, 0.6) is 5.75 Å². The average molecular weight is 328 g/mol. The number of amides is 1. The van der Waals surface area contributed by atoms with E-state index in [1.165, 1.54) is 0 Å². The van der Waals surface area contributed by atoms with Crippen LogP contribution in [0.1, 0.15) is 33.1 Å². The highest BCUT2D eigenvalue weighted by Crippen LogP contribution is 2.24. The summed E-state index contributed by atoms with van der Waals surface area (Å²) in [5, 5.41) is 12.2. The lowest BCUT2D eigenvalue weighted by Crippen LogP contribution is -2.41. The van der Waals surface area contributed by atoms with Crippen LogP contribution in [0.25, 0.3) is 0 Å². The molecule has 0 saturated carbocycles. The van der Waals surface area contributed by atoms with Gasteiger partial charge in [-0.1, -0.05) is 44.0 Å². The molecule has 0 spiro atoms. The molecule has 0 heterocycles. The lowest BCUT2D eigenvalue weighted by molar-refractivity contribution is -0.142. The summed E-state index contributed by atoms with van der Waals surface area (Å²) in [4.78, 5) is 23.2. The van der Waals surface area contributed by atoms with Gasteiger partial charge in [0.05, 0.1) is 10.9 Å². The molecule has 1 aromatic carbocycles. The third kappa shape index (κ3) is 5.56. The first-order valence-electron chi connectivity index (χ1n) is 7.41. The van der Waals surface area contributed by atoms with Crippen LogP contribution in [0.4, 0.5) is 0 Å². The van der Waals surface area contributed by atoms with E-state index < -0.39 is 18.0 Å². The van der Waals surface area contributed by atoms with E-state index >= 15 is 0 Å². The summed E-state index contributed by atoms with van der Waals surface area (Å²) in [6.45, 7) is 3.83. The Morgan fingerprint density at radius 2 is 2.00 bits per heavy atom. The smallest absolute Gasteiger partial charge is 0.308 e. The van der Waals surface area contributed by atoms with Crippen molar-refractivity contribution in [1.29, 1.82) is 0 Å². The maximum Gasteiger partial charge on any atom is 0.308 e. The number of carboxylic acid groups (broad SMARTS) is 1. The molecule has 0 bridgehead atoms. The quantitative estimate of drug-likeness (QED) is 0.730. The minimum Gasteiger partial charge on any atom is -0.481 e. The molecule has 0 aliphatic rings. The molecule has 122 valence electrons. The van der Waals surface area contributed by atoms with E-state index in [1.807, 2.05) is 13.8 Å². The molecule has 2 unspecified atom stereocenters. The number of nitrogens with one attached hydrogen (secondary N) is 1. The van der Waals surface area contributed by atoms with Crippen molar-refractivity contribution in [3.63, 3.8) is 0 Å². The first kappa shape index (κ1) is 18.3. The lowest BCUT2D eigenvalue weighted by atomic mass is 10.0. The molecule has 1 rings (SSSR count). The number of carboxylic acids is 1. The van der Waals surface area contributed by atoms with Gasteiger partial charge in [0.15, 0.2) is 6.10 Å². The standard InChI is InChI=1S/C16H22ClNO4/c1-3-7-11(16(20)21)10-18-15(19)13(4-2)22-14-9-6-5-8-12(14)17/h5-6,8-9,11,13H,3-4,7,10H2,1-2H3,(H,18,19)(H,20,21). The Labute approximate surface area is 135 Å². The van der Waals surface area contributed by atoms with Gasteiger partial charge in [-0.15, -0.1) is 0 Å². The first-order valence-corrected chi connectivity index (χ1v) is 7.79. The Morgan fingerprint density at radius 1 is 1.32 bits per heavy atom. The number of hydrogen-bond donors (Lipinski definition) is 2. The molecule has 2 atom stereocenters. The van der Waals surface area contributed by atoms with Crippen LogP contribution >= 0.6 is 11.6 Å². The normalized spacial score (nSPS) is 13.2. The van der Waals surface area contributed by atoms with Crippen molar-refractivity contribution in [2.24, 2.45) is 5.92 Å². The van der Waals surface area contributed by atoms with E-state index in [0.717, 1.165) is 6.42 Å². The fraction of sp³-hybridized carbons (Fsp3) is 0.500. The molecule has 1 amide bonds. The fourth-order valence-electron chi connectivity index (χ4n) is 2.01. The summed E-state index contributed by atoms with van der Waals surface area (Å²) in [6, 6.07) is 6.92. The van der Waals surface area contributed by atoms with Gasteiger partial charge < -0.3 is 15.2 Å². The Kier molecular flexibility index (Phi) is 7.74. The fourth-order valence-corrected chi connectivity index (χ4v) is 2.20. The van der Waals surface area contributed by atoms with Crippen LogP contribution in [-0.2, 0) is 9.59 Å². The van der Waals surface area contributed by atoms with Crippen LogP contribution in [-0.4, -0.2) is 29.6 Å². The van der Waals surface area contributed by atoms with Crippen LogP contribution in [0.2, 0.25) is 5.02 Å². The summed E-state index contributed by atoms with van der Waals surface area (Å²) < 4.78 is 5.62. The second kappa shape index (κ2) is 9.30. The zero-order valence-electron chi connectivity index (χ0n) is 12.8. The maximum absolute atomic E-state index is 12.1. The summed E-state index contributed by atoms with van der Waals surface area (Å²) >= 11 is 6.01. The predicted octanol–water partition coefficient (Wildman–Crippen LogP) is 3.11. The highest BCUT2D eigenvalue weighted by Gasteiger charge is 2.22. The van der Waals surface area contributed by atoms with Crippen LogP contribution in [0, 0.1) is 5.92 Å². The molecule has 0 aliphatic heterocycles. The monoisotopic (exact) mass is 327 g/mol. The minimum atomic E-state index is -0.901. The molecule has 0 radical (unpaired) electrons. The molecule has 22 heavy (non-hydrogen) atoms. The van der Waals surface area contributed by atoms with Gasteiger partial charge in [-0.2, -0.15) is 0 Å². The van der Waals surface area contributed by atoms with Crippen molar-refractivity contribution in [3.8, 4) is 5.75 Å². The maximum atomic E-state index is 12.1. The SMILES string of the molecule is CCCC(CNC(=O)C(CC)Oc1ccccc1Cl)C(=O)O. The number of aliphatic carboxylic acids is 1. The highest BCUT2D eigenvalue weighted by atomic mass is 35.5. The number of halogens is 1. The second-order valence-corrected chi connectivity index (χ2v) is 5.42. The van der Waals surface area contributed by atoms with Gasteiger partial charge in [-0.3, -0.25) is 9.59 Å². The van der Waals surface area contributed by atoms with E-state index in [2.05, 4.69) is 5.32 Å². The summed E-state index contributed by atoms with van der Waals surface area (Å²) in [5.41, 5.74) is 0. The minimum absolute atomic E-state index is 0.102. The third-order valence-corrected chi connectivity index (χ3v) is 3.59. The van der Waals surface area contributed by atoms with Gasteiger partial charge in [-0.05, 0) is 25.0 Å². The zero-order chi connectivity index (χ0) is 16.5. The molecule has 0 aliphatic carbocycles. The number of rotatable bonds is 9. The Morgan fingerprint density at radius 3 is 2.55 bits per heavy atom. The highest BCUT2D eigenvalue weighted by molar-refractivity contribution is 6.32. The zero-order valence-corrected chi connectivity index (χ0v) is 13.6. The molecule has 0 aromatic heterocycles. The molecular weight excluding hydrogens is 306 g/mol. The van der Waals surface area contributed by atoms with Crippen molar-refractivity contribution in [2.45, 2.75) is 39.2 Å². The van der Waals surface area contributed by atoms with Gasteiger partial charge in [0.2, 0.25) is 0 Å². The number of hydrogen-bond acceptors (Lipinski definition) is 3. The van der Waals surface area contributed by atoms with Gasteiger partial charge in [-0.25, -0.2) is 0 Å². The summed E-state index contributed by atoms with van der Waals surface area (Å²) in [5.74, 6) is -1.37. The van der Waals surface area contributed by atoms with Crippen molar-refractivity contribution in [2.75, 3.05) is 6.54 Å². The summed E-state index contributed by atoms with van der Waals surface area (Å²) in [7, 11) is 0. The molecule has 2 N–H and O–H groups in total. The number of carbonyl (C=O) groups excluding carboxylic acids is 1. The second-order valence-electron chi connectivity index (χ2n) is 5.01. The molecular formula is C16H22ClNO4. The third-order valence-electron chi connectivity index (χ3n) is 3.28. The first-order chi connectivity index (χ1) is 10.5. The van der Waals surface area contributed by atoms with Gasteiger partial charge in [0, 0.05) is 6.54 Å². The molecule has 0 fully saturated rings. The predicted molar refractivity (Wildman–Crippen MR) is 85.2 cm³/mol. The Hall–Kier alpha value is -1.75. The van der Waals surface area contributed by atoms with Crippen molar-refractivity contribution >= 4 is 23.5 Å². The van der Waals surface area contributed by atoms with E-state index in [9.17, 15) is 9.59 Å². The Balaban J connectivity index is 2.61. The average Bonchev–Trinajstić information content (AvgIpc) is 2.50. The van der Waals surface area contributed by atoms with E-state index in [4.69, 9.17) is 21.4 Å². The number of benzene rings is 1. The van der Waals surface area contributed by atoms with E-state index in [1.54, 1.807) is 24.3 Å². The van der Waals surface area contributed by atoms with Crippen molar-refractivity contribution in [1.82, 2.24) is 5.32 Å². The van der Waals surface area contributed by atoms with E-state index in [0.29, 0.717) is 23.6 Å². The Bertz CT molecular complexity index is 507. The molecule has 5 nitrogen and oxygen atoms in total.